The number of hydrogen-bond acceptors (Lipinski definition) is 4. The second-order valence-electron chi connectivity index (χ2n) is 6.27. The van der Waals surface area contributed by atoms with Gasteiger partial charge in [0.15, 0.2) is 0 Å². The molecule has 3 aromatic carbocycles. The summed E-state index contributed by atoms with van der Waals surface area (Å²) in [6.07, 6.45) is 1.65. The number of sulfonamides is 1. The first kappa shape index (κ1) is 18.7. The number of benzene rings is 3. The van der Waals surface area contributed by atoms with Crippen LogP contribution in [-0.4, -0.2) is 19.7 Å². The van der Waals surface area contributed by atoms with Crippen LogP contribution in [0.25, 0.3) is 0 Å². The topological polar surface area (TPSA) is 78.8 Å². The third-order valence-corrected chi connectivity index (χ3v) is 5.41. The molecule has 0 aromatic heterocycles. The number of phenolic OH excluding ortho intramolecular Hbond substituents is 1. The van der Waals surface area contributed by atoms with E-state index in [2.05, 4.69) is 9.71 Å². The average molecular weight is 380 g/mol. The highest BCUT2D eigenvalue weighted by Gasteiger charge is 2.15. The number of aliphatic imine (C=N–C) groups is 1. The summed E-state index contributed by atoms with van der Waals surface area (Å²) < 4.78 is 27.8. The van der Waals surface area contributed by atoms with Crippen LogP contribution in [0, 0.1) is 13.8 Å². The fourth-order valence-corrected chi connectivity index (χ4v) is 3.68. The van der Waals surface area contributed by atoms with E-state index < -0.39 is 10.0 Å². The zero-order chi connectivity index (χ0) is 19.4. The van der Waals surface area contributed by atoms with Gasteiger partial charge in [0.05, 0.1) is 16.3 Å². The maximum Gasteiger partial charge on any atom is 0.261 e. The molecular formula is C21H20N2O3S. The average Bonchev–Trinajstić information content (AvgIpc) is 2.64. The second-order valence-corrected chi connectivity index (χ2v) is 7.95. The number of hydrogen-bond donors (Lipinski definition) is 2. The van der Waals surface area contributed by atoms with Crippen molar-refractivity contribution in [3.05, 3.63) is 83.4 Å². The van der Waals surface area contributed by atoms with E-state index in [1.54, 1.807) is 48.7 Å². The van der Waals surface area contributed by atoms with Gasteiger partial charge in [-0.25, -0.2) is 8.42 Å². The minimum atomic E-state index is -3.67. The van der Waals surface area contributed by atoms with Crippen molar-refractivity contribution in [1.29, 1.82) is 0 Å². The monoisotopic (exact) mass is 380 g/mol. The van der Waals surface area contributed by atoms with Crippen LogP contribution in [0.4, 0.5) is 11.4 Å². The Balaban J connectivity index is 1.76. The summed E-state index contributed by atoms with van der Waals surface area (Å²) in [6, 6.07) is 18.5. The largest absolute Gasteiger partial charge is 0.508 e. The number of phenols is 1. The first-order chi connectivity index (χ1) is 12.8. The van der Waals surface area contributed by atoms with Crippen molar-refractivity contribution in [2.75, 3.05) is 4.72 Å². The quantitative estimate of drug-likeness (QED) is 0.637. The van der Waals surface area contributed by atoms with Crippen LogP contribution in [0.15, 0.2) is 76.6 Å². The van der Waals surface area contributed by atoms with Crippen LogP contribution >= 0.6 is 0 Å². The Morgan fingerprint density at radius 2 is 1.59 bits per heavy atom. The molecule has 27 heavy (non-hydrogen) atoms. The Kier molecular flexibility index (Phi) is 5.28. The van der Waals surface area contributed by atoms with Gasteiger partial charge < -0.3 is 5.11 Å². The molecule has 5 nitrogen and oxygen atoms in total. The second kappa shape index (κ2) is 7.63. The fraction of sp³-hybridized carbons (Fsp3) is 0.0952. The molecule has 0 bridgehead atoms. The molecule has 0 aliphatic rings. The molecule has 0 aliphatic carbocycles. The summed E-state index contributed by atoms with van der Waals surface area (Å²) >= 11 is 0. The van der Waals surface area contributed by atoms with Crippen LogP contribution in [0.5, 0.6) is 5.75 Å². The standard InChI is InChI=1S/C21H20N2O3S/c1-15-3-12-21(16(2)13-15)23-27(25,26)20-10-6-18(7-11-20)22-14-17-4-8-19(24)9-5-17/h3-14,23-24H,1-2H3. The van der Waals surface area contributed by atoms with E-state index in [-0.39, 0.29) is 10.6 Å². The van der Waals surface area contributed by atoms with Crippen LogP contribution in [-0.2, 0) is 10.0 Å². The lowest BCUT2D eigenvalue weighted by molar-refractivity contribution is 0.475. The number of aromatic hydroxyl groups is 1. The number of nitrogens with one attached hydrogen (secondary N) is 1. The molecule has 3 aromatic rings. The van der Waals surface area contributed by atoms with Crippen LogP contribution in [0.3, 0.4) is 0 Å². The zero-order valence-electron chi connectivity index (χ0n) is 15.0. The van der Waals surface area contributed by atoms with Gasteiger partial charge in [0.1, 0.15) is 5.75 Å². The van der Waals surface area contributed by atoms with Gasteiger partial charge in [-0.2, -0.15) is 0 Å². The maximum absolute atomic E-state index is 12.6. The lowest BCUT2D eigenvalue weighted by Gasteiger charge is -2.11. The Morgan fingerprint density at radius 3 is 2.22 bits per heavy atom. The number of aryl methyl sites for hydroxylation is 2. The lowest BCUT2D eigenvalue weighted by atomic mass is 10.1. The van der Waals surface area contributed by atoms with E-state index in [0.717, 1.165) is 16.7 Å². The van der Waals surface area contributed by atoms with Gasteiger partial charge in [0.25, 0.3) is 10.0 Å². The minimum absolute atomic E-state index is 0.172. The van der Waals surface area contributed by atoms with E-state index in [9.17, 15) is 13.5 Å². The van der Waals surface area contributed by atoms with Gasteiger partial charge in [-0.3, -0.25) is 9.71 Å². The summed E-state index contributed by atoms with van der Waals surface area (Å²) in [5.74, 6) is 0.193. The predicted octanol–water partition coefficient (Wildman–Crippen LogP) is 4.56. The molecule has 0 saturated heterocycles. The third kappa shape index (κ3) is 4.74. The summed E-state index contributed by atoms with van der Waals surface area (Å²) in [5.41, 5.74) is 3.98. The maximum atomic E-state index is 12.6. The summed E-state index contributed by atoms with van der Waals surface area (Å²) in [4.78, 5) is 4.49. The molecule has 138 valence electrons. The van der Waals surface area contributed by atoms with E-state index in [1.807, 2.05) is 26.0 Å². The van der Waals surface area contributed by atoms with Gasteiger partial charge in [-0.1, -0.05) is 17.7 Å². The molecule has 0 heterocycles. The van der Waals surface area contributed by atoms with Gasteiger partial charge in [0.2, 0.25) is 0 Å². The Morgan fingerprint density at radius 1 is 0.926 bits per heavy atom. The molecule has 0 unspecified atom stereocenters. The third-order valence-electron chi connectivity index (χ3n) is 4.03. The molecule has 0 radical (unpaired) electrons. The predicted molar refractivity (Wildman–Crippen MR) is 109 cm³/mol. The van der Waals surface area contributed by atoms with Crippen molar-refractivity contribution in [1.82, 2.24) is 0 Å². The number of rotatable bonds is 5. The molecular weight excluding hydrogens is 360 g/mol. The molecule has 2 N–H and O–H groups in total. The summed E-state index contributed by atoms with van der Waals surface area (Å²) in [7, 11) is -3.67. The fourth-order valence-electron chi connectivity index (χ4n) is 2.55. The number of nitrogens with zero attached hydrogens (tertiary/aromatic N) is 1. The molecule has 0 aliphatic heterocycles. The van der Waals surface area contributed by atoms with Crippen LogP contribution in [0.1, 0.15) is 16.7 Å². The van der Waals surface area contributed by atoms with Crippen LogP contribution < -0.4 is 4.72 Å². The van der Waals surface area contributed by atoms with Crippen LogP contribution in [0.2, 0.25) is 0 Å². The Hall–Kier alpha value is -3.12. The van der Waals surface area contributed by atoms with Crippen molar-refractivity contribution in [3.8, 4) is 5.75 Å². The smallest absolute Gasteiger partial charge is 0.261 e. The summed E-state index contributed by atoms with van der Waals surface area (Å²) in [5, 5.41) is 9.28. The van der Waals surface area contributed by atoms with Gasteiger partial charge in [-0.05, 0) is 79.6 Å². The first-order valence-electron chi connectivity index (χ1n) is 8.37. The van der Waals surface area contributed by atoms with E-state index in [1.165, 1.54) is 12.1 Å². The first-order valence-corrected chi connectivity index (χ1v) is 9.85. The highest BCUT2D eigenvalue weighted by molar-refractivity contribution is 7.92. The molecule has 0 saturated carbocycles. The SMILES string of the molecule is Cc1ccc(NS(=O)(=O)c2ccc(N=Cc3ccc(O)cc3)cc2)c(C)c1. The van der Waals surface area contributed by atoms with Crippen molar-refractivity contribution in [2.45, 2.75) is 18.7 Å². The van der Waals surface area contributed by atoms with E-state index in [4.69, 9.17) is 0 Å². The lowest BCUT2D eigenvalue weighted by Crippen LogP contribution is -2.13. The van der Waals surface area contributed by atoms with Crippen molar-refractivity contribution in [3.63, 3.8) is 0 Å². The highest BCUT2D eigenvalue weighted by Crippen LogP contribution is 2.22. The van der Waals surface area contributed by atoms with Crippen molar-refractivity contribution < 1.29 is 13.5 Å². The van der Waals surface area contributed by atoms with E-state index >= 15 is 0 Å². The van der Waals surface area contributed by atoms with Gasteiger partial charge >= 0.3 is 0 Å². The Bertz CT molecular complexity index is 1070. The molecule has 0 fully saturated rings. The molecule has 3 rings (SSSR count). The number of anilines is 1. The Labute approximate surface area is 159 Å². The van der Waals surface area contributed by atoms with Crippen molar-refractivity contribution >= 4 is 27.6 Å². The summed E-state index contributed by atoms with van der Waals surface area (Å²) in [6.45, 7) is 3.83. The highest BCUT2D eigenvalue weighted by atomic mass is 32.2. The molecule has 6 heteroatoms. The molecule has 0 amide bonds. The molecule has 0 atom stereocenters. The van der Waals surface area contributed by atoms with E-state index in [0.29, 0.717) is 11.4 Å². The molecule has 0 spiro atoms. The van der Waals surface area contributed by atoms with Gasteiger partial charge in [-0.15, -0.1) is 0 Å². The minimum Gasteiger partial charge on any atom is -0.508 e. The normalized spacial score (nSPS) is 11.6. The zero-order valence-corrected chi connectivity index (χ0v) is 15.9. The van der Waals surface area contributed by atoms with Crippen molar-refractivity contribution in [2.24, 2.45) is 4.99 Å². The van der Waals surface area contributed by atoms with Gasteiger partial charge in [0, 0.05) is 6.21 Å².